The van der Waals surface area contributed by atoms with Crippen LogP contribution in [0.15, 0.2) is 92.4 Å². The number of carbonyl (C=O) groups excluding carboxylic acids is 1. The maximum Gasteiger partial charge on any atom is 0.285 e. The van der Waals surface area contributed by atoms with Crippen LogP contribution in [0.1, 0.15) is 12.5 Å². The van der Waals surface area contributed by atoms with E-state index in [1.165, 1.54) is 12.1 Å². The number of azo groups is 1. The van der Waals surface area contributed by atoms with E-state index in [0.717, 1.165) is 14.3 Å². The van der Waals surface area contributed by atoms with Crippen molar-refractivity contribution >= 4 is 54.1 Å². The van der Waals surface area contributed by atoms with Gasteiger partial charge in [0.25, 0.3) is 15.9 Å². The normalized spacial score (nSPS) is 11.8. The van der Waals surface area contributed by atoms with Crippen molar-refractivity contribution in [3.05, 3.63) is 82.8 Å². The van der Waals surface area contributed by atoms with Crippen LogP contribution in [0.5, 0.6) is 5.88 Å². The lowest BCUT2D eigenvalue weighted by molar-refractivity contribution is -0.116. The van der Waals surface area contributed by atoms with Crippen LogP contribution in [0.4, 0.5) is 11.4 Å². The number of carbonyl (C=O) groups is 1. The summed E-state index contributed by atoms with van der Waals surface area (Å²) in [7, 11) is -4.05. The molecule has 34 heavy (non-hydrogen) atoms. The Morgan fingerprint density at radius 3 is 2.50 bits per heavy atom. The number of hydrogen-bond donors (Lipinski definition) is 2. The second-order valence-corrected chi connectivity index (χ2v) is 10.2. The van der Waals surface area contributed by atoms with Crippen LogP contribution in [0, 0.1) is 0 Å². The molecule has 3 aromatic carbocycles. The fourth-order valence-corrected chi connectivity index (χ4v) is 5.40. The zero-order chi connectivity index (χ0) is 24.3. The number of para-hydroxylation sites is 1. The predicted octanol–water partition coefficient (Wildman–Crippen LogP) is 5.70. The van der Waals surface area contributed by atoms with E-state index in [2.05, 4.69) is 31.1 Å². The number of aryl methyl sites for hydroxylation is 1. The number of halogens is 1. The van der Waals surface area contributed by atoms with Crippen LogP contribution in [-0.2, 0) is 21.2 Å². The van der Waals surface area contributed by atoms with Gasteiger partial charge in [0.15, 0.2) is 5.69 Å². The summed E-state index contributed by atoms with van der Waals surface area (Å²) in [6.45, 7) is 1.36. The average molecular weight is 541 g/mol. The summed E-state index contributed by atoms with van der Waals surface area (Å²) in [4.78, 5) is 15.7. The van der Waals surface area contributed by atoms with E-state index in [1.807, 2.05) is 19.1 Å². The Bertz CT molecular complexity index is 1480. The molecule has 0 saturated carbocycles. The third kappa shape index (κ3) is 4.73. The molecule has 0 saturated heterocycles. The molecule has 0 spiro atoms. The Kier molecular flexibility index (Phi) is 6.80. The maximum absolute atomic E-state index is 13.5. The van der Waals surface area contributed by atoms with Gasteiger partial charge in [0, 0.05) is 9.86 Å². The fraction of sp³-hybridized carbons (Fsp3) is 0.125. The van der Waals surface area contributed by atoms with Gasteiger partial charge in [0.1, 0.15) is 6.54 Å². The van der Waals surface area contributed by atoms with Crippen LogP contribution in [0.2, 0.25) is 0 Å². The van der Waals surface area contributed by atoms with Gasteiger partial charge < -0.3 is 10.1 Å². The fourth-order valence-electron chi connectivity index (χ4n) is 3.57. The molecule has 0 fully saturated rings. The molecular formula is C24H21BrN4O4S. The van der Waals surface area contributed by atoms with E-state index in [0.29, 0.717) is 23.0 Å². The lowest BCUT2D eigenvalue weighted by Crippen LogP contribution is -2.36. The quantitative estimate of drug-likeness (QED) is 0.292. The summed E-state index contributed by atoms with van der Waals surface area (Å²) in [6.07, 6.45) is 0.574. The third-order valence-electron chi connectivity index (χ3n) is 5.23. The minimum atomic E-state index is -4.05. The molecule has 0 aliphatic carbocycles. The van der Waals surface area contributed by atoms with E-state index in [9.17, 15) is 18.3 Å². The first kappa shape index (κ1) is 23.7. The zero-order valence-electron chi connectivity index (χ0n) is 18.1. The number of amides is 1. The van der Waals surface area contributed by atoms with Gasteiger partial charge in [-0.2, -0.15) is 0 Å². The summed E-state index contributed by atoms with van der Waals surface area (Å²) in [5.74, 6) is -1.02. The minimum absolute atomic E-state index is 0.0600. The van der Waals surface area contributed by atoms with Crippen molar-refractivity contribution in [3.63, 3.8) is 0 Å². The van der Waals surface area contributed by atoms with Gasteiger partial charge in [0.2, 0.25) is 5.88 Å². The van der Waals surface area contributed by atoms with Crippen molar-refractivity contribution in [1.29, 1.82) is 0 Å². The first-order valence-corrected chi connectivity index (χ1v) is 12.6. The molecule has 1 heterocycles. The standard InChI is InChI=1S/C24H21BrN4O4S/c1-2-16-8-6-7-11-21(16)29(34(32,33)18-9-4-3-5-10-18)15-22(30)27-28-23-19-14-17(25)12-13-20(19)26-24(23)31/h3-14,26,31H,2,15H2,1H3. The summed E-state index contributed by atoms with van der Waals surface area (Å²) in [5, 5.41) is 18.4. The Balaban J connectivity index is 1.71. The molecular weight excluding hydrogens is 520 g/mol. The number of H-pyrrole nitrogens is 1. The number of anilines is 1. The number of nitrogens with one attached hydrogen (secondary N) is 1. The largest absolute Gasteiger partial charge is 0.493 e. The second-order valence-electron chi connectivity index (χ2n) is 7.41. The molecule has 1 amide bonds. The van der Waals surface area contributed by atoms with Crippen LogP contribution in [-0.4, -0.2) is 31.0 Å². The van der Waals surface area contributed by atoms with Gasteiger partial charge in [0.05, 0.1) is 16.1 Å². The molecule has 2 N–H and O–H groups in total. The highest BCUT2D eigenvalue weighted by Crippen LogP contribution is 2.37. The molecule has 174 valence electrons. The highest BCUT2D eigenvalue weighted by Gasteiger charge is 2.28. The molecule has 0 unspecified atom stereocenters. The summed E-state index contributed by atoms with van der Waals surface area (Å²) in [5.41, 5.74) is 1.88. The summed E-state index contributed by atoms with van der Waals surface area (Å²) < 4.78 is 28.8. The molecule has 10 heteroatoms. The molecule has 8 nitrogen and oxygen atoms in total. The van der Waals surface area contributed by atoms with Gasteiger partial charge >= 0.3 is 0 Å². The van der Waals surface area contributed by atoms with Crippen LogP contribution in [0.25, 0.3) is 10.9 Å². The van der Waals surface area contributed by atoms with Crippen molar-refractivity contribution in [2.75, 3.05) is 10.8 Å². The highest BCUT2D eigenvalue weighted by molar-refractivity contribution is 9.10. The molecule has 1 aromatic heterocycles. The van der Waals surface area contributed by atoms with Crippen molar-refractivity contribution in [3.8, 4) is 5.88 Å². The number of benzene rings is 3. The van der Waals surface area contributed by atoms with E-state index < -0.39 is 22.5 Å². The van der Waals surface area contributed by atoms with Crippen molar-refractivity contribution < 1.29 is 18.3 Å². The van der Waals surface area contributed by atoms with E-state index in [-0.39, 0.29) is 16.5 Å². The number of aromatic amines is 1. The number of rotatable bonds is 7. The molecule has 4 aromatic rings. The van der Waals surface area contributed by atoms with Gasteiger partial charge in [-0.3, -0.25) is 9.10 Å². The molecule has 0 bridgehead atoms. The van der Waals surface area contributed by atoms with E-state index >= 15 is 0 Å². The SMILES string of the molecule is CCc1ccccc1N(CC(=O)N=Nc1c(O)[nH]c2ccc(Br)cc12)S(=O)(=O)c1ccccc1. The van der Waals surface area contributed by atoms with E-state index in [1.54, 1.807) is 48.5 Å². The van der Waals surface area contributed by atoms with Crippen LogP contribution >= 0.6 is 15.9 Å². The average Bonchev–Trinajstić information content (AvgIpc) is 3.15. The first-order valence-electron chi connectivity index (χ1n) is 10.4. The number of fused-ring (bicyclic) bond motifs is 1. The number of hydrogen-bond acceptors (Lipinski definition) is 5. The van der Waals surface area contributed by atoms with Gasteiger partial charge in [-0.15, -0.1) is 10.2 Å². The van der Waals surface area contributed by atoms with Crippen LogP contribution < -0.4 is 4.31 Å². The predicted molar refractivity (Wildman–Crippen MR) is 134 cm³/mol. The lowest BCUT2D eigenvalue weighted by Gasteiger charge is -2.25. The smallest absolute Gasteiger partial charge is 0.285 e. The number of nitrogens with zero attached hydrogens (tertiary/aromatic N) is 3. The first-order chi connectivity index (χ1) is 16.3. The Morgan fingerprint density at radius 1 is 1.06 bits per heavy atom. The monoisotopic (exact) mass is 540 g/mol. The second kappa shape index (κ2) is 9.78. The third-order valence-corrected chi connectivity index (χ3v) is 7.49. The zero-order valence-corrected chi connectivity index (χ0v) is 20.5. The number of aromatic nitrogens is 1. The Morgan fingerprint density at radius 2 is 1.76 bits per heavy atom. The van der Waals surface area contributed by atoms with E-state index in [4.69, 9.17) is 0 Å². The Labute approximate surface area is 205 Å². The van der Waals surface area contributed by atoms with Crippen molar-refractivity contribution in [2.45, 2.75) is 18.2 Å². The summed E-state index contributed by atoms with van der Waals surface area (Å²) in [6, 6.07) is 20.2. The highest BCUT2D eigenvalue weighted by atomic mass is 79.9. The van der Waals surface area contributed by atoms with Gasteiger partial charge in [-0.25, -0.2) is 8.42 Å². The molecule has 4 rings (SSSR count). The number of aromatic hydroxyl groups is 1. The molecule has 0 aliphatic rings. The van der Waals surface area contributed by atoms with Gasteiger partial charge in [-0.1, -0.05) is 59.3 Å². The minimum Gasteiger partial charge on any atom is -0.493 e. The summed E-state index contributed by atoms with van der Waals surface area (Å²) >= 11 is 3.36. The molecule has 0 radical (unpaired) electrons. The van der Waals surface area contributed by atoms with Gasteiger partial charge in [-0.05, 0) is 48.4 Å². The lowest BCUT2D eigenvalue weighted by atomic mass is 10.1. The Hall–Kier alpha value is -3.50. The molecule has 0 aliphatic heterocycles. The van der Waals surface area contributed by atoms with Crippen LogP contribution in [0.3, 0.4) is 0 Å². The van der Waals surface area contributed by atoms with Crippen molar-refractivity contribution in [2.24, 2.45) is 10.2 Å². The number of sulfonamides is 1. The maximum atomic E-state index is 13.5. The topological polar surface area (TPSA) is 115 Å². The molecule has 0 atom stereocenters. The van der Waals surface area contributed by atoms with Crippen molar-refractivity contribution in [1.82, 2.24) is 4.98 Å².